The van der Waals surface area contributed by atoms with E-state index in [9.17, 15) is 4.79 Å². The second-order valence-electron chi connectivity index (χ2n) is 8.40. The van der Waals surface area contributed by atoms with E-state index in [0.29, 0.717) is 12.5 Å². The van der Waals surface area contributed by atoms with Gasteiger partial charge < -0.3 is 19.7 Å². The third kappa shape index (κ3) is 3.05. The van der Waals surface area contributed by atoms with Crippen LogP contribution in [-0.4, -0.2) is 71.1 Å². The first-order valence-corrected chi connectivity index (χ1v) is 10.4. The van der Waals surface area contributed by atoms with Gasteiger partial charge in [0.15, 0.2) is 0 Å². The minimum absolute atomic E-state index is 0.0304. The second kappa shape index (κ2) is 6.91. The lowest BCUT2D eigenvalue weighted by Gasteiger charge is -2.41. The molecular formula is C21H29N5O. The Morgan fingerprint density at radius 1 is 1.04 bits per heavy atom. The van der Waals surface area contributed by atoms with E-state index in [2.05, 4.69) is 26.7 Å². The molecule has 0 saturated carbocycles. The van der Waals surface area contributed by atoms with E-state index in [0.717, 1.165) is 29.2 Å². The predicted octanol–water partition coefficient (Wildman–Crippen LogP) is 2.05. The summed E-state index contributed by atoms with van der Waals surface area (Å²) in [5, 5.41) is 3.02. The van der Waals surface area contributed by atoms with Crippen LogP contribution in [0.1, 0.15) is 47.8 Å². The van der Waals surface area contributed by atoms with Crippen molar-refractivity contribution in [1.82, 2.24) is 24.7 Å². The zero-order valence-electron chi connectivity index (χ0n) is 16.2. The molecule has 3 aliphatic rings. The number of imidazole rings is 1. The Morgan fingerprint density at radius 2 is 1.81 bits per heavy atom. The van der Waals surface area contributed by atoms with Crippen LogP contribution >= 0.6 is 0 Å². The van der Waals surface area contributed by atoms with E-state index in [1.165, 1.54) is 57.7 Å². The summed E-state index contributed by atoms with van der Waals surface area (Å²) in [6.07, 6.45) is 4.95. The van der Waals surface area contributed by atoms with Crippen LogP contribution in [0.4, 0.5) is 0 Å². The highest BCUT2D eigenvalue weighted by Gasteiger charge is 2.31. The molecule has 0 aliphatic carbocycles. The average molecular weight is 367 g/mol. The first kappa shape index (κ1) is 17.2. The number of carbonyl (C=O) groups is 1. The van der Waals surface area contributed by atoms with E-state index >= 15 is 0 Å². The van der Waals surface area contributed by atoms with Gasteiger partial charge in [0.2, 0.25) is 0 Å². The van der Waals surface area contributed by atoms with Crippen LogP contribution < -0.4 is 5.32 Å². The average Bonchev–Trinajstić information content (AvgIpc) is 2.98. The summed E-state index contributed by atoms with van der Waals surface area (Å²) in [5.74, 6) is 1.72. The van der Waals surface area contributed by atoms with Crippen molar-refractivity contribution in [3.63, 3.8) is 0 Å². The number of rotatable bonds is 2. The molecule has 4 heterocycles. The summed E-state index contributed by atoms with van der Waals surface area (Å²) in [6.45, 7) is 6.30. The van der Waals surface area contributed by atoms with E-state index in [1.807, 2.05) is 18.2 Å². The Bertz CT molecular complexity index is 844. The van der Waals surface area contributed by atoms with Gasteiger partial charge in [-0.25, -0.2) is 4.98 Å². The van der Waals surface area contributed by atoms with Gasteiger partial charge in [-0.05, 0) is 71.0 Å². The summed E-state index contributed by atoms with van der Waals surface area (Å²) in [5.41, 5.74) is 2.77. The quantitative estimate of drug-likeness (QED) is 0.883. The number of carbonyl (C=O) groups excluding carboxylic acids is 1. The van der Waals surface area contributed by atoms with Crippen molar-refractivity contribution in [1.29, 1.82) is 0 Å². The highest BCUT2D eigenvalue weighted by molar-refractivity contribution is 6.05. The lowest BCUT2D eigenvalue weighted by atomic mass is 9.93. The Balaban J connectivity index is 1.37. The fourth-order valence-corrected chi connectivity index (χ4v) is 5.18. The number of hydrogen-bond acceptors (Lipinski definition) is 4. The minimum Gasteiger partial charge on any atom is -0.350 e. The Hall–Kier alpha value is -1.92. The normalized spacial score (nSPS) is 23.5. The van der Waals surface area contributed by atoms with Crippen LogP contribution in [0.15, 0.2) is 18.2 Å². The van der Waals surface area contributed by atoms with Gasteiger partial charge in [0.25, 0.3) is 5.91 Å². The van der Waals surface area contributed by atoms with E-state index in [4.69, 9.17) is 4.98 Å². The lowest BCUT2D eigenvalue weighted by Crippen LogP contribution is -2.46. The summed E-state index contributed by atoms with van der Waals surface area (Å²) in [6, 6.07) is 6.68. The van der Waals surface area contributed by atoms with Crippen molar-refractivity contribution >= 4 is 16.9 Å². The molecular weight excluding hydrogens is 338 g/mol. The number of piperidine rings is 2. The number of benzene rings is 1. The van der Waals surface area contributed by atoms with Crippen molar-refractivity contribution in [3.8, 4) is 0 Å². The number of hydrogen-bond donors (Lipinski definition) is 1. The van der Waals surface area contributed by atoms with Crippen molar-refractivity contribution in [3.05, 3.63) is 29.6 Å². The number of nitrogens with one attached hydrogen (secondary N) is 1. The van der Waals surface area contributed by atoms with Gasteiger partial charge in [0, 0.05) is 25.0 Å². The maximum absolute atomic E-state index is 12.4. The van der Waals surface area contributed by atoms with Crippen LogP contribution in [0.2, 0.25) is 0 Å². The summed E-state index contributed by atoms with van der Waals surface area (Å²) in [7, 11) is 2.23. The third-order valence-electron chi connectivity index (χ3n) is 6.76. The summed E-state index contributed by atoms with van der Waals surface area (Å²) >= 11 is 0. The highest BCUT2D eigenvalue weighted by Crippen LogP contribution is 2.33. The van der Waals surface area contributed by atoms with Crippen LogP contribution in [0, 0.1) is 0 Å². The van der Waals surface area contributed by atoms with Crippen LogP contribution in [0.3, 0.4) is 0 Å². The number of nitrogens with zero attached hydrogens (tertiary/aromatic N) is 4. The molecule has 1 amide bonds. The molecule has 6 nitrogen and oxygen atoms in total. The molecule has 2 aromatic rings. The lowest BCUT2D eigenvalue weighted by molar-refractivity contribution is 0.0950. The van der Waals surface area contributed by atoms with Gasteiger partial charge in [0.05, 0.1) is 16.6 Å². The van der Waals surface area contributed by atoms with Gasteiger partial charge in [-0.3, -0.25) is 4.79 Å². The zero-order chi connectivity index (χ0) is 18.4. The molecule has 0 unspecified atom stereocenters. The monoisotopic (exact) mass is 367 g/mol. The smallest absolute Gasteiger partial charge is 0.253 e. The fraction of sp³-hybridized carbons (Fsp3) is 0.619. The molecule has 2 fully saturated rings. The van der Waals surface area contributed by atoms with E-state index < -0.39 is 0 Å². The predicted molar refractivity (Wildman–Crippen MR) is 106 cm³/mol. The zero-order valence-corrected chi connectivity index (χ0v) is 16.2. The largest absolute Gasteiger partial charge is 0.350 e. The fourth-order valence-electron chi connectivity index (χ4n) is 5.18. The van der Waals surface area contributed by atoms with Gasteiger partial charge in [-0.15, -0.1) is 0 Å². The van der Waals surface area contributed by atoms with Crippen molar-refractivity contribution < 1.29 is 4.79 Å². The standard InChI is InChI=1S/C21H29N5O/c1-24-10-7-16(8-11-24)25-12-5-15(6-13-25)20-23-18-4-2-3-17-19(18)26(20)14-9-22-21(17)27/h2-4,15-16H,5-14H2,1H3,(H,22,27). The molecule has 6 heteroatoms. The van der Waals surface area contributed by atoms with Crippen molar-refractivity contribution in [2.24, 2.45) is 0 Å². The van der Waals surface area contributed by atoms with E-state index in [-0.39, 0.29) is 5.91 Å². The van der Waals surface area contributed by atoms with Crippen LogP contribution in [0.5, 0.6) is 0 Å². The number of para-hydroxylation sites is 1. The van der Waals surface area contributed by atoms with Crippen molar-refractivity contribution in [2.45, 2.75) is 44.2 Å². The SMILES string of the molecule is CN1CCC(N2CCC(c3nc4cccc5c4n3CCNC5=O)CC2)CC1. The number of aromatic nitrogens is 2. The minimum atomic E-state index is 0.0304. The first-order chi connectivity index (χ1) is 13.2. The Kier molecular flexibility index (Phi) is 4.40. The summed E-state index contributed by atoms with van der Waals surface area (Å²) in [4.78, 5) is 22.5. The Labute approximate surface area is 160 Å². The van der Waals surface area contributed by atoms with Gasteiger partial charge in [-0.2, -0.15) is 0 Å². The molecule has 0 radical (unpaired) electrons. The molecule has 2 saturated heterocycles. The Morgan fingerprint density at radius 3 is 2.59 bits per heavy atom. The molecule has 1 aromatic carbocycles. The number of amides is 1. The molecule has 1 N–H and O–H groups in total. The molecule has 0 spiro atoms. The van der Waals surface area contributed by atoms with Gasteiger partial charge in [-0.1, -0.05) is 6.07 Å². The van der Waals surface area contributed by atoms with Gasteiger partial charge in [0.1, 0.15) is 5.82 Å². The summed E-state index contributed by atoms with van der Waals surface area (Å²) < 4.78 is 2.32. The van der Waals surface area contributed by atoms with E-state index in [1.54, 1.807) is 0 Å². The molecule has 0 bridgehead atoms. The molecule has 1 aromatic heterocycles. The maximum atomic E-state index is 12.4. The maximum Gasteiger partial charge on any atom is 0.253 e. The molecule has 3 aliphatic heterocycles. The van der Waals surface area contributed by atoms with Crippen LogP contribution in [0.25, 0.3) is 11.0 Å². The third-order valence-corrected chi connectivity index (χ3v) is 6.76. The van der Waals surface area contributed by atoms with Gasteiger partial charge >= 0.3 is 0 Å². The van der Waals surface area contributed by atoms with Crippen molar-refractivity contribution in [2.75, 3.05) is 39.8 Å². The molecule has 144 valence electrons. The topological polar surface area (TPSA) is 53.4 Å². The molecule has 0 atom stereocenters. The highest BCUT2D eigenvalue weighted by atomic mass is 16.1. The first-order valence-electron chi connectivity index (χ1n) is 10.4. The second-order valence-corrected chi connectivity index (χ2v) is 8.40. The molecule has 27 heavy (non-hydrogen) atoms. The number of likely N-dealkylation sites (tertiary alicyclic amines) is 2. The van der Waals surface area contributed by atoms with Crippen LogP contribution in [-0.2, 0) is 6.54 Å². The molecule has 5 rings (SSSR count).